The summed E-state index contributed by atoms with van der Waals surface area (Å²) in [4.78, 5) is 11.7. The number of Topliss-reactive ketones (excluding diaryl/α,β-unsaturated/α-hetero) is 1. The predicted molar refractivity (Wildman–Crippen MR) is 59.1 cm³/mol. The second-order valence-electron chi connectivity index (χ2n) is 3.77. The number of hydrogen-bond acceptors (Lipinski definition) is 2. The third kappa shape index (κ3) is 2.32. The molecule has 2 rings (SSSR count). The zero-order chi connectivity index (χ0) is 10.7. The fourth-order valence-electron chi connectivity index (χ4n) is 1.75. The monoisotopic (exact) mass is 224 g/mol. The van der Waals surface area contributed by atoms with Crippen molar-refractivity contribution in [1.29, 1.82) is 0 Å². The van der Waals surface area contributed by atoms with Gasteiger partial charge < -0.3 is 4.74 Å². The Bertz CT molecular complexity index is 350. The van der Waals surface area contributed by atoms with Gasteiger partial charge in [-0.05, 0) is 25.0 Å². The summed E-state index contributed by atoms with van der Waals surface area (Å²) in [5.74, 6) is 0.655. The zero-order valence-corrected chi connectivity index (χ0v) is 9.17. The average molecular weight is 225 g/mol. The summed E-state index contributed by atoms with van der Waals surface area (Å²) in [5, 5.41) is -1.13. The van der Waals surface area contributed by atoms with Crippen LogP contribution in [0.5, 0.6) is 5.75 Å². The Morgan fingerprint density at radius 1 is 1.20 bits per heavy atom. The first-order valence-corrected chi connectivity index (χ1v) is 5.55. The van der Waals surface area contributed by atoms with Gasteiger partial charge in [-0.2, -0.15) is 0 Å². The third-order valence-electron chi connectivity index (χ3n) is 2.59. The van der Waals surface area contributed by atoms with Gasteiger partial charge in [0.25, 0.3) is 0 Å². The van der Waals surface area contributed by atoms with Crippen LogP contribution >= 0.6 is 11.6 Å². The molecule has 1 fully saturated rings. The average Bonchev–Trinajstić information content (AvgIpc) is 2.24. The lowest BCUT2D eigenvalue weighted by atomic mass is 9.95. The van der Waals surface area contributed by atoms with Gasteiger partial charge in [0, 0.05) is 12.8 Å². The molecule has 15 heavy (non-hydrogen) atoms. The first kappa shape index (κ1) is 10.5. The van der Waals surface area contributed by atoms with Crippen molar-refractivity contribution in [2.24, 2.45) is 0 Å². The van der Waals surface area contributed by atoms with Crippen LogP contribution < -0.4 is 4.74 Å². The molecule has 0 N–H and O–H groups in total. The molecule has 3 heteroatoms. The number of ether oxygens (including phenoxy) is 1. The fraction of sp³-hybridized carbons (Fsp3) is 0.417. The van der Waals surface area contributed by atoms with Crippen molar-refractivity contribution in [1.82, 2.24) is 0 Å². The van der Waals surface area contributed by atoms with Gasteiger partial charge >= 0.3 is 0 Å². The van der Waals surface area contributed by atoms with Crippen molar-refractivity contribution in [2.75, 3.05) is 0 Å². The number of carbonyl (C=O) groups is 1. The number of benzene rings is 1. The molecule has 0 amide bonds. The van der Waals surface area contributed by atoms with Crippen LogP contribution in [0.4, 0.5) is 0 Å². The van der Waals surface area contributed by atoms with E-state index in [9.17, 15) is 4.79 Å². The molecule has 1 aliphatic carbocycles. The maximum atomic E-state index is 11.7. The molecule has 1 unspecified atom stereocenters. The summed E-state index contributed by atoms with van der Waals surface area (Å²) in [6.45, 7) is 0. The van der Waals surface area contributed by atoms with Gasteiger partial charge in [0.15, 0.2) is 5.78 Å². The van der Waals surface area contributed by atoms with Gasteiger partial charge in [-0.1, -0.05) is 29.8 Å². The number of alkyl halides is 1. The highest BCUT2D eigenvalue weighted by molar-refractivity contribution is 6.34. The molecule has 80 valence electrons. The summed E-state index contributed by atoms with van der Waals surface area (Å²) in [5.41, 5.74) is 0. The van der Waals surface area contributed by atoms with Crippen LogP contribution in [-0.2, 0) is 4.79 Å². The highest BCUT2D eigenvalue weighted by atomic mass is 35.5. The molecule has 1 aromatic carbocycles. The molecular formula is C12H13ClO2. The van der Waals surface area contributed by atoms with E-state index in [4.69, 9.17) is 16.3 Å². The first-order chi connectivity index (χ1) is 7.21. The maximum Gasteiger partial charge on any atom is 0.240 e. The minimum absolute atomic E-state index is 0.000676. The van der Waals surface area contributed by atoms with Gasteiger partial charge in [0.1, 0.15) is 5.75 Å². The van der Waals surface area contributed by atoms with E-state index in [0.29, 0.717) is 18.6 Å². The molecule has 1 saturated carbocycles. The number of ketones is 1. The number of para-hydroxylation sites is 1. The normalized spacial score (nSPS) is 26.3. The molecule has 0 heterocycles. The van der Waals surface area contributed by atoms with Crippen LogP contribution in [0.1, 0.15) is 25.7 Å². The Kier molecular flexibility index (Phi) is 2.96. The molecule has 2 nitrogen and oxygen atoms in total. The van der Waals surface area contributed by atoms with E-state index < -0.39 is 5.06 Å². The van der Waals surface area contributed by atoms with Gasteiger partial charge in [-0.15, -0.1) is 0 Å². The van der Waals surface area contributed by atoms with Crippen LogP contribution in [0.15, 0.2) is 30.3 Å². The molecular weight excluding hydrogens is 212 g/mol. The number of hydrogen-bond donors (Lipinski definition) is 0. The lowest BCUT2D eigenvalue weighted by Crippen LogP contribution is -2.41. The predicted octanol–water partition coefficient (Wildman–Crippen LogP) is 3.14. The highest BCUT2D eigenvalue weighted by Gasteiger charge is 2.40. The summed E-state index contributed by atoms with van der Waals surface area (Å²) < 4.78 is 5.57. The Morgan fingerprint density at radius 3 is 2.60 bits per heavy atom. The van der Waals surface area contributed by atoms with Crippen molar-refractivity contribution >= 4 is 17.4 Å². The largest absolute Gasteiger partial charge is 0.465 e. The number of carbonyl (C=O) groups excluding carboxylic acids is 1. The highest BCUT2D eigenvalue weighted by Crippen LogP contribution is 2.33. The zero-order valence-electron chi connectivity index (χ0n) is 8.41. The van der Waals surface area contributed by atoms with E-state index in [1.807, 2.05) is 30.3 Å². The maximum absolute atomic E-state index is 11.7. The van der Waals surface area contributed by atoms with Crippen LogP contribution in [0.25, 0.3) is 0 Å². The van der Waals surface area contributed by atoms with Crippen molar-refractivity contribution in [3.8, 4) is 5.75 Å². The van der Waals surface area contributed by atoms with Crippen LogP contribution in [0.3, 0.4) is 0 Å². The molecule has 1 aromatic rings. The number of halogens is 1. The minimum atomic E-state index is -1.13. The standard InChI is InChI=1S/C12H13ClO2/c13-12(9-5-4-8-11(12)14)15-10-6-2-1-3-7-10/h1-3,6-7H,4-5,8-9H2. The Labute approximate surface area is 94.2 Å². The van der Waals surface area contributed by atoms with Crippen molar-refractivity contribution < 1.29 is 9.53 Å². The smallest absolute Gasteiger partial charge is 0.240 e. The van der Waals surface area contributed by atoms with Gasteiger partial charge in [-0.3, -0.25) is 4.79 Å². The lowest BCUT2D eigenvalue weighted by molar-refractivity contribution is -0.130. The van der Waals surface area contributed by atoms with E-state index in [2.05, 4.69) is 0 Å². The summed E-state index contributed by atoms with van der Waals surface area (Å²) in [6, 6.07) is 9.25. The van der Waals surface area contributed by atoms with Gasteiger partial charge in [-0.25, -0.2) is 0 Å². The molecule has 0 bridgehead atoms. The summed E-state index contributed by atoms with van der Waals surface area (Å²) >= 11 is 6.19. The fourth-order valence-corrected chi connectivity index (χ4v) is 2.06. The molecule has 0 radical (unpaired) electrons. The van der Waals surface area contributed by atoms with E-state index in [1.165, 1.54) is 0 Å². The molecule has 1 atom stereocenters. The molecule has 1 aliphatic rings. The third-order valence-corrected chi connectivity index (χ3v) is 3.07. The Balaban J connectivity index is 2.13. The quantitative estimate of drug-likeness (QED) is 0.722. The van der Waals surface area contributed by atoms with Crippen LogP contribution in [-0.4, -0.2) is 10.8 Å². The minimum Gasteiger partial charge on any atom is -0.465 e. The second kappa shape index (κ2) is 4.23. The molecule has 0 spiro atoms. The van der Waals surface area contributed by atoms with E-state index in [0.717, 1.165) is 12.8 Å². The van der Waals surface area contributed by atoms with Crippen molar-refractivity contribution in [2.45, 2.75) is 30.7 Å². The van der Waals surface area contributed by atoms with E-state index in [1.54, 1.807) is 0 Å². The van der Waals surface area contributed by atoms with Crippen molar-refractivity contribution in [3.05, 3.63) is 30.3 Å². The van der Waals surface area contributed by atoms with E-state index >= 15 is 0 Å². The Morgan fingerprint density at radius 2 is 1.93 bits per heavy atom. The van der Waals surface area contributed by atoms with Gasteiger partial charge in [0.05, 0.1) is 0 Å². The summed E-state index contributed by atoms with van der Waals surface area (Å²) in [6.07, 6.45) is 2.99. The van der Waals surface area contributed by atoms with Gasteiger partial charge in [0.2, 0.25) is 5.06 Å². The lowest BCUT2D eigenvalue weighted by Gasteiger charge is -2.30. The molecule has 0 aliphatic heterocycles. The number of rotatable bonds is 2. The van der Waals surface area contributed by atoms with Crippen LogP contribution in [0.2, 0.25) is 0 Å². The molecule has 0 aromatic heterocycles. The summed E-state index contributed by atoms with van der Waals surface area (Å²) in [7, 11) is 0. The first-order valence-electron chi connectivity index (χ1n) is 5.17. The molecule has 0 saturated heterocycles. The van der Waals surface area contributed by atoms with Crippen molar-refractivity contribution in [3.63, 3.8) is 0 Å². The van der Waals surface area contributed by atoms with E-state index in [-0.39, 0.29) is 5.78 Å². The Hall–Kier alpha value is -1.02. The van der Waals surface area contributed by atoms with Crippen LogP contribution in [0, 0.1) is 0 Å². The second-order valence-corrected chi connectivity index (χ2v) is 4.38. The topological polar surface area (TPSA) is 26.3 Å². The SMILES string of the molecule is O=C1CCCCC1(Cl)Oc1ccccc1.